The fraction of sp³-hybridized carbons (Fsp3) is 0.385. The Morgan fingerprint density at radius 3 is 2.59 bits per heavy atom. The second kappa shape index (κ2) is 6.68. The SMILES string of the molecule is CCc1ccccc1NC(=O)CCCC(=O)O. The number of hydrogen-bond acceptors (Lipinski definition) is 2. The first-order chi connectivity index (χ1) is 8.13. The number of carbonyl (C=O) groups excluding carboxylic acids is 1. The van der Waals surface area contributed by atoms with Gasteiger partial charge in [-0.15, -0.1) is 0 Å². The average Bonchev–Trinajstić information content (AvgIpc) is 2.29. The van der Waals surface area contributed by atoms with E-state index in [1.54, 1.807) is 0 Å². The fourth-order valence-electron chi connectivity index (χ4n) is 1.56. The van der Waals surface area contributed by atoms with Crippen LogP contribution < -0.4 is 5.32 Å². The number of carbonyl (C=O) groups is 2. The highest BCUT2D eigenvalue weighted by molar-refractivity contribution is 5.91. The Hall–Kier alpha value is -1.84. The van der Waals surface area contributed by atoms with Crippen molar-refractivity contribution in [3.05, 3.63) is 29.8 Å². The molecule has 0 saturated heterocycles. The molecule has 1 amide bonds. The molecule has 4 nitrogen and oxygen atoms in total. The maximum Gasteiger partial charge on any atom is 0.303 e. The van der Waals surface area contributed by atoms with Gasteiger partial charge in [-0.3, -0.25) is 9.59 Å². The van der Waals surface area contributed by atoms with Crippen molar-refractivity contribution in [3.8, 4) is 0 Å². The van der Waals surface area contributed by atoms with Gasteiger partial charge in [0.2, 0.25) is 5.91 Å². The van der Waals surface area contributed by atoms with Crippen molar-refractivity contribution < 1.29 is 14.7 Å². The second-order valence-electron chi connectivity index (χ2n) is 3.81. The first kappa shape index (κ1) is 13.2. The molecule has 1 rings (SSSR count). The third-order valence-electron chi connectivity index (χ3n) is 2.47. The molecule has 0 spiro atoms. The van der Waals surface area contributed by atoms with Gasteiger partial charge in [0, 0.05) is 18.5 Å². The topological polar surface area (TPSA) is 66.4 Å². The quantitative estimate of drug-likeness (QED) is 0.795. The van der Waals surface area contributed by atoms with Crippen LogP contribution in [-0.4, -0.2) is 17.0 Å². The van der Waals surface area contributed by atoms with Crippen molar-refractivity contribution in [2.24, 2.45) is 0 Å². The Kier molecular flexibility index (Phi) is 5.20. The minimum Gasteiger partial charge on any atom is -0.481 e. The number of aryl methyl sites for hydroxylation is 1. The van der Waals surface area contributed by atoms with E-state index in [2.05, 4.69) is 5.32 Å². The molecule has 1 aromatic rings. The zero-order valence-corrected chi connectivity index (χ0v) is 9.90. The molecule has 0 heterocycles. The third kappa shape index (κ3) is 4.68. The first-order valence-corrected chi connectivity index (χ1v) is 5.73. The molecule has 1 aromatic carbocycles. The summed E-state index contributed by atoms with van der Waals surface area (Å²) in [6, 6.07) is 7.62. The van der Waals surface area contributed by atoms with Gasteiger partial charge in [-0.05, 0) is 24.5 Å². The predicted molar refractivity (Wildman–Crippen MR) is 65.9 cm³/mol. The van der Waals surface area contributed by atoms with Gasteiger partial charge in [0.15, 0.2) is 0 Å². The molecule has 4 heteroatoms. The Balaban J connectivity index is 2.47. The fourth-order valence-corrected chi connectivity index (χ4v) is 1.56. The molecule has 0 bridgehead atoms. The number of benzene rings is 1. The maximum absolute atomic E-state index is 11.6. The van der Waals surface area contributed by atoms with Crippen LogP contribution in [0.5, 0.6) is 0 Å². The lowest BCUT2D eigenvalue weighted by molar-refractivity contribution is -0.137. The Bertz CT molecular complexity index is 401. The lowest BCUT2D eigenvalue weighted by Crippen LogP contribution is -2.13. The van der Waals surface area contributed by atoms with Crippen LogP contribution >= 0.6 is 0 Å². The van der Waals surface area contributed by atoms with Gasteiger partial charge in [-0.2, -0.15) is 0 Å². The summed E-state index contributed by atoms with van der Waals surface area (Å²) < 4.78 is 0. The van der Waals surface area contributed by atoms with E-state index in [0.717, 1.165) is 17.7 Å². The number of anilines is 1. The standard InChI is InChI=1S/C13H17NO3/c1-2-10-6-3-4-7-11(10)14-12(15)8-5-9-13(16)17/h3-4,6-7H,2,5,8-9H2,1H3,(H,14,15)(H,16,17). The second-order valence-corrected chi connectivity index (χ2v) is 3.81. The number of amides is 1. The molecule has 0 radical (unpaired) electrons. The van der Waals surface area contributed by atoms with E-state index in [9.17, 15) is 9.59 Å². The van der Waals surface area contributed by atoms with Gasteiger partial charge < -0.3 is 10.4 Å². The van der Waals surface area contributed by atoms with Crippen molar-refractivity contribution in [2.45, 2.75) is 32.6 Å². The number of para-hydroxylation sites is 1. The number of nitrogens with one attached hydrogen (secondary N) is 1. The highest BCUT2D eigenvalue weighted by Crippen LogP contribution is 2.15. The van der Waals surface area contributed by atoms with Crippen LogP contribution in [0.25, 0.3) is 0 Å². The summed E-state index contributed by atoms with van der Waals surface area (Å²) in [5.41, 5.74) is 1.90. The smallest absolute Gasteiger partial charge is 0.303 e. The molecule has 0 fully saturated rings. The van der Waals surface area contributed by atoms with E-state index in [1.807, 2.05) is 31.2 Å². The largest absolute Gasteiger partial charge is 0.481 e. The first-order valence-electron chi connectivity index (χ1n) is 5.73. The summed E-state index contributed by atoms with van der Waals surface area (Å²) in [6.07, 6.45) is 1.49. The lowest BCUT2D eigenvalue weighted by atomic mass is 10.1. The third-order valence-corrected chi connectivity index (χ3v) is 2.47. The molecule has 2 N–H and O–H groups in total. The van der Waals surface area contributed by atoms with Crippen LogP contribution in [0.2, 0.25) is 0 Å². The highest BCUT2D eigenvalue weighted by atomic mass is 16.4. The van der Waals surface area contributed by atoms with Crippen molar-refractivity contribution in [1.82, 2.24) is 0 Å². The summed E-state index contributed by atoms with van der Waals surface area (Å²) in [5.74, 6) is -1.00. The molecule has 0 aromatic heterocycles. The predicted octanol–water partition coefficient (Wildman–Crippen LogP) is 2.44. The van der Waals surface area contributed by atoms with E-state index >= 15 is 0 Å². The number of rotatable bonds is 6. The van der Waals surface area contributed by atoms with Gasteiger partial charge >= 0.3 is 5.97 Å². The maximum atomic E-state index is 11.6. The van der Waals surface area contributed by atoms with Crippen LogP contribution in [0.3, 0.4) is 0 Å². The Morgan fingerprint density at radius 1 is 1.24 bits per heavy atom. The number of aliphatic carboxylic acids is 1. The van der Waals surface area contributed by atoms with Crippen LogP contribution in [0, 0.1) is 0 Å². The molecule has 0 atom stereocenters. The summed E-state index contributed by atoms with van der Waals surface area (Å²) in [6.45, 7) is 2.02. The minimum atomic E-state index is -0.869. The molecular formula is C13H17NO3. The average molecular weight is 235 g/mol. The zero-order valence-electron chi connectivity index (χ0n) is 9.90. The zero-order chi connectivity index (χ0) is 12.7. The van der Waals surface area contributed by atoms with Crippen molar-refractivity contribution in [1.29, 1.82) is 0 Å². The molecule has 0 unspecified atom stereocenters. The summed E-state index contributed by atoms with van der Waals surface area (Å²) in [4.78, 5) is 21.9. The molecule has 92 valence electrons. The summed E-state index contributed by atoms with van der Waals surface area (Å²) in [7, 11) is 0. The molecule has 0 aliphatic carbocycles. The van der Waals surface area contributed by atoms with Gasteiger partial charge in [0.05, 0.1) is 0 Å². The summed E-state index contributed by atoms with van der Waals surface area (Å²) in [5, 5.41) is 11.3. The van der Waals surface area contributed by atoms with E-state index in [-0.39, 0.29) is 18.7 Å². The molecular weight excluding hydrogens is 218 g/mol. The van der Waals surface area contributed by atoms with Crippen molar-refractivity contribution in [3.63, 3.8) is 0 Å². The summed E-state index contributed by atoms with van der Waals surface area (Å²) >= 11 is 0. The van der Waals surface area contributed by atoms with E-state index in [1.165, 1.54) is 0 Å². The van der Waals surface area contributed by atoms with Crippen LogP contribution in [0.1, 0.15) is 31.7 Å². The lowest BCUT2D eigenvalue weighted by Gasteiger charge is -2.09. The highest BCUT2D eigenvalue weighted by Gasteiger charge is 2.06. The van der Waals surface area contributed by atoms with Crippen LogP contribution in [-0.2, 0) is 16.0 Å². The monoisotopic (exact) mass is 235 g/mol. The van der Waals surface area contributed by atoms with Gasteiger partial charge in [0.25, 0.3) is 0 Å². The normalized spacial score (nSPS) is 9.94. The molecule has 0 saturated carbocycles. The number of hydrogen-bond donors (Lipinski definition) is 2. The Morgan fingerprint density at radius 2 is 1.94 bits per heavy atom. The van der Waals surface area contributed by atoms with Crippen LogP contribution in [0.4, 0.5) is 5.69 Å². The molecule has 0 aliphatic heterocycles. The van der Waals surface area contributed by atoms with E-state index < -0.39 is 5.97 Å². The van der Waals surface area contributed by atoms with Crippen molar-refractivity contribution in [2.75, 3.05) is 5.32 Å². The number of carboxylic acids is 1. The molecule has 17 heavy (non-hydrogen) atoms. The number of carboxylic acid groups (broad SMARTS) is 1. The Labute approximate surface area is 101 Å². The molecule has 0 aliphatic rings. The van der Waals surface area contributed by atoms with E-state index in [4.69, 9.17) is 5.11 Å². The van der Waals surface area contributed by atoms with Crippen LogP contribution in [0.15, 0.2) is 24.3 Å². The van der Waals surface area contributed by atoms with Crippen molar-refractivity contribution >= 4 is 17.6 Å². The van der Waals surface area contributed by atoms with Gasteiger partial charge in [0.1, 0.15) is 0 Å². The van der Waals surface area contributed by atoms with Gasteiger partial charge in [-0.25, -0.2) is 0 Å². The minimum absolute atomic E-state index is 0.0306. The van der Waals surface area contributed by atoms with E-state index in [0.29, 0.717) is 6.42 Å². The van der Waals surface area contributed by atoms with Gasteiger partial charge in [-0.1, -0.05) is 25.1 Å².